The van der Waals surface area contributed by atoms with Gasteiger partial charge in [0, 0.05) is 13.1 Å². The van der Waals surface area contributed by atoms with Gasteiger partial charge >= 0.3 is 0 Å². The summed E-state index contributed by atoms with van der Waals surface area (Å²) in [5, 5.41) is 3.16. The molecule has 1 fully saturated rings. The lowest BCUT2D eigenvalue weighted by atomic mass is 9.92. The summed E-state index contributed by atoms with van der Waals surface area (Å²) < 4.78 is 0. The summed E-state index contributed by atoms with van der Waals surface area (Å²) in [5.74, 6) is 0.990. The smallest absolute Gasteiger partial charge is 0.0202 e. The summed E-state index contributed by atoms with van der Waals surface area (Å²) in [6.45, 7) is 11.0. The van der Waals surface area contributed by atoms with E-state index in [1.54, 1.807) is 0 Å². The molecule has 1 rings (SSSR count). The molecular weight excluding hydrogens is 184 g/mol. The number of nitrogens with one attached hydrogen (secondary N) is 1. The molecule has 0 aromatic rings. The maximum absolute atomic E-state index is 4.09. The van der Waals surface area contributed by atoms with Crippen molar-refractivity contribution in [1.82, 2.24) is 10.2 Å². The van der Waals surface area contributed by atoms with Gasteiger partial charge in [0.15, 0.2) is 0 Å². The first-order valence-electron chi connectivity index (χ1n) is 6.29. The molecule has 0 bridgehead atoms. The quantitative estimate of drug-likeness (QED) is 0.677. The summed E-state index contributed by atoms with van der Waals surface area (Å²) in [4.78, 5) is 2.55. The van der Waals surface area contributed by atoms with Crippen molar-refractivity contribution in [2.45, 2.75) is 32.6 Å². The fourth-order valence-corrected chi connectivity index (χ4v) is 2.46. The van der Waals surface area contributed by atoms with Crippen LogP contribution in [0, 0.1) is 5.92 Å². The van der Waals surface area contributed by atoms with Crippen LogP contribution in [-0.2, 0) is 0 Å². The summed E-state index contributed by atoms with van der Waals surface area (Å²) in [6, 6.07) is 0. The van der Waals surface area contributed by atoms with E-state index in [9.17, 15) is 0 Å². The molecule has 1 aliphatic rings. The van der Waals surface area contributed by atoms with Crippen LogP contribution in [0.4, 0.5) is 0 Å². The van der Waals surface area contributed by atoms with Gasteiger partial charge < -0.3 is 5.32 Å². The topological polar surface area (TPSA) is 15.3 Å². The zero-order valence-corrected chi connectivity index (χ0v) is 10.4. The third kappa shape index (κ3) is 4.80. The molecule has 2 nitrogen and oxygen atoms in total. The lowest BCUT2D eigenvalue weighted by Crippen LogP contribution is -2.36. The second kappa shape index (κ2) is 7.02. The van der Waals surface area contributed by atoms with Gasteiger partial charge in [0.05, 0.1) is 0 Å². The van der Waals surface area contributed by atoms with Crippen LogP contribution in [0.1, 0.15) is 32.6 Å². The molecule has 0 aromatic heterocycles. The summed E-state index contributed by atoms with van der Waals surface area (Å²) in [5.41, 5.74) is 1.31. The molecule has 0 unspecified atom stereocenters. The van der Waals surface area contributed by atoms with E-state index in [1.165, 1.54) is 44.3 Å². The molecule has 1 heterocycles. The first kappa shape index (κ1) is 12.7. The Hall–Kier alpha value is -0.340. The van der Waals surface area contributed by atoms with Gasteiger partial charge in [-0.05, 0) is 44.5 Å². The van der Waals surface area contributed by atoms with Gasteiger partial charge in [0.2, 0.25) is 0 Å². The van der Waals surface area contributed by atoms with Gasteiger partial charge in [-0.15, -0.1) is 0 Å². The van der Waals surface area contributed by atoms with Crippen molar-refractivity contribution < 1.29 is 0 Å². The number of hydrogen-bond acceptors (Lipinski definition) is 2. The average Bonchev–Trinajstić information content (AvgIpc) is 2.22. The van der Waals surface area contributed by atoms with Crippen molar-refractivity contribution in [2.24, 2.45) is 5.92 Å². The molecule has 88 valence electrons. The molecule has 0 amide bonds. The second-order valence-electron chi connectivity index (χ2n) is 4.79. The highest BCUT2D eigenvalue weighted by Crippen LogP contribution is 2.21. The van der Waals surface area contributed by atoms with E-state index < -0.39 is 0 Å². The summed E-state index contributed by atoms with van der Waals surface area (Å²) >= 11 is 0. The van der Waals surface area contributed by atoms with Crippen LogP contribution < -0.4 is 5.32 Å². The highest BCUT2D eigenvalue weighted by Gasteiger charge is 2.18. The maximum atomic E-state index is 4.09. The van der Waals surface area contributed by atoms with Gasteiger partial charge in [-0.2, -0.15) is 0 Å². The largest absolute Gasteiger partial charge is 0.316 e. The lowest BCUT2D eigenvalue weighted by Gasteiger charge is -2.32. The minimum atomic E-state index is 0.953. The highest BCUT2D eigenvalue weighted by atomic mass is 15.1. The van der Waals surface area contributed by atoms with Crippen LogP contribution in [0.3, 0.4) is 0 Å². The molecule has 1 saturated heterocycles. The Bertz CT molecular complexity index is 181. The second-order valence-corrected chi connectivity index (χ2v) is 4.79. The standard InChI is InChI=1S/C13H26N2/c1-4-5-13-6-8-15(9-7-13)11-12(2)10-14-3/h13-14H,2,4-11H2,1,3H3. The predicted octanol–water partition coefficient (Wildman–Crippen LogP) is 2.27. The monoisotopic (exact) mass is 210 g/mol. The summed E-state index contributed by atoms with van der Waals surface area (Å²) in [7, 11) is 1.98. The molecule has 2 heteroatoms. The minimum absolute atomic E-state index is 0.953. The van der Waals surface area contributed by atoms with E-state index in [0.29, 0.717) is 0 Å². The number of hydrogen-bond donors (Lipinski definition) is 1. The van der Waals surface area contributed by atoms with Crippen LogP contribution >= 0.6 is 0 Å². The molecule has 0 radical (unpaired) electrons. The molecule has 0 aromatic carbocycles. The molecule has 0 atom stereocenters. The normalized spacial score (nSPS) is 19.3. The Morgan fingerprint density at radius 3 is 2.60 bits per heavy atom. The predicted molar refractivity (Wildman–Crippen MR) is 67.1 cm³/mol. The van der Waals surface area contributed by atoms with Gasteiger partial charge in [-0.3, -0.25) is 4.90 Å². The van der Waals surface area contributed by atoms with Gasteiger partial charge in [0.25, 0.3) is 0 Å². The van der Waals surface area contributed by atoms with E-state index in [-0.39, 0.29) is 0 Å². The molecule has 0 spiro atoms. The minimum Gasteiger partial charge on any atom is -0.316 e. The van der Waals surface area contributed by atoms with E-state index in [4.69, 9.17) is 0 Å². The molecule has 15 heavy (non-hydrogen) atoms. The third-order valence-corrected chi connectivity index (χ3v) is 3.28. The zero-order valence-electron chi connectivity index (χ0n) is 10.4. The number of piperidine rings is 1. The maximum Gasteiger partial charge on any atom is 0.0202 e. The van der Waals surface area contributed by atoms with Crippen LogP contribution in [0.2, 0.25) is 0 Å². The van der Waals surface area contributed by atoms with Crippen molar-refractivity contribution in [2.75, 3.05) is 33.2 Å². The average molecular weight is 210 g/mol. The van der Waals surface area contributed by atoms with Gasteiger partial charge in [-0.25, -0.2) is 0 Å². The molecule has 1 aliphatic heterocycles. The Morgan fingerprint density at radius 1 is 1.40 bits per heavy atom. The lowest BCUT2D eigenvalue weighted by molar-refractivity contribution is 0.190. The number of likely N-dealkylation sites (N-methyl/N-ethyl adjacent to an activating group) is 1. The van der Waals surface area contributed by atoms with Crippen molar-refractivity contribution in [1.29, 1.82) is 0 Å². The van der Waals surface area contributed by atoms with Crippen LogP contribution in [-0.4, -0.2) is 38.1 Å². The number of nitrogens with zero attached hydrogens (tertiary/aromatic N) is 1. The fraction of sp³-hybridized carbons (Fsp3) is 0.846. The van der Waals surface area contributed by atoms with Gasteiger partial charge in [-0.1, -0.05) is 26.3 Å². The summed E-state index contributed by atoms with van der Waals surface area (Å²) in [6.07, 6.45) is 5.55. The van der Waals surface area contributed by atoms with Crippen molar-refractivity contribution in [3.05, 3.63) is 12.2 Å². The fourth-order valence-electron chi connectivity index (χ4n) is 2.46. The first-order chi connectivity index (χ1) is 7.26. The van der Waals surface area contributed by atoms with Crippen LogP contribution in [0.25, 0.3) is 0 Å². The van der Waals surface area contributed by atoms with Crippen molar-refractivity contribution in [3.63, 3.8) is 0 Å². The molecule has 0 saturated carbocycles. The van der Waals surface area contributed by atoms with Crippen LogP contribution in [0.5, 0.6) is 0 Å². The van der Waals surface area contributed by atoms with E-state index >= 15 is 0 Å². The SMILES string of the molecule is C=C(CNC)CN1CCC(CCC)CC1. The van der Waals surface area contributed by atoms with E-state index in [1.807, 2.05) is 7.05 Å². The van der Waals surface area contributed by atoms with Crippen molar-refractivity contribution in [3.8, 4) is 0 Å². The molecular formula is C13H26N2. The molecule has 0 aliphatic carbocycles. The van der Waals surface area contributed by atoms with Crippen molar-refractivity contribution >= 4 is 0 Å². The zero-order chi connectivity index (χ0) is 11.1. The Labute approximate surface area is 94.7 Å². The Balaban J connectivity index is 2.16. The Morgan fingerprint density at radius 2 is 2.07 bits per heavy atom. The first-order valence-corrected chi connectivity index (χ1v) is 6.29. The van der Waals surface area contributed by atoms with Crippen LogP contribution in [0.15, 0.2) is 12.2 Å². The van der Waals surface area contributed by atoms with Gasteiger partial charge in [0.1, 0.15) is 0 Å². The number of likely N-dealkylation sites (tertiary alicyclic amines) is 1. The Kier molecular flexibility index (Phi) is 5.96. The third-order valence-electron chi connectivity index (χ3n) is 3.28. The van der Waals surface area contributed by atoms with E-state index in [2.05, 4.69) is 23.7 Å². The highest BCUT2D eigenvalue weighted by molar-refractivity contribution is 4.99. The molecule has 1 N–H and O–H groups in total. The van der Waals surface area contributed by atoms with E-state index in [0.717, 1.165) is 19.0 Å². The number of rotatable bonds is 6.